The predicted octanol–water partition coefficient (Wildman–Crippen LogP) is 9.75. The summed E-state index contributed by atoms with van der Waals surface area (Å²) >= 11 is 1.58. The molecule has 1 aromatic carbocycles. The van der Waals surface area contributed by atoms with E-state index in [0.717, 1.165) is 87.0 Å². The number of ether oxygens (including phenoxy) is 1. The van der Waals surface area contributed by atoms with Crippen molar-refractivity contribution in [3.8, 4) is 11.1 Å². The maximum atomic E-state index is 13.0. The summed E-state index contributed by atoms with van der Waals surface area (Å²) in [7, 11) is 6.54. The number of anilines is 4. The Hall–Kier alpha value is -4.46. The molecule has 4 bridgehead atoms. The third-order valence-corrected chi connectivity index (χ3v) is 15.5. The number of hydrogen-bond donors (Lipinski definition) is 2. The summed E-state index contributed by atoms with van der Waals surface area (Å²) in [4.78, 5) is 24.6. The molecule has 0 spiro atoms. The number of carbonyl (C=O) groups is 1. The first kappa shape index (κ1) is 40.9. The number of quaternary nitrogens is 1. The maximum Gasteiger partial charge on any atom is 0.355 e. The molecule has 4 fully saturated rings. The number of hydrogen-bond acceptors (Lipinski definition) is 10. The van der Waals surface area contributed by atoms with E-state index in [1.54, 1.807) is 18.4 Å². The molecule has 1 aliphatic heterocycles. The van der Waals surface area contributed by atoms with Crippen LogP contribution in [0.15, 0.2) is 42.6 Å². The van der Waals surface area contributed by atoms with Gasteiger partial charge in [-0.1, -0.05) is 37.3 Å². The van der Waals surface area contributed by atoms with Crippen LogP contribution in [-0.2, 0) is 17.7 Å². The number of nitrogens with zero attached hydrogens (tertiary/aromatic N) is 8. The minimum atomic E-state index is -1.06. The van der Waals surface area contributed by atoms with Gasteiger partial charge in [-0.25, -0.2) is 14.8 Å². The summed E-state index contributed by atoms with van der Waals surface area (Å²) in [5.41, 5.74) is 6.72. The summed E-state index contributed by atoms with van der Waals surface area (Å²) in [5, 5.41) is 29.1. The first-order chi connectivity index (χ1) is 28.6. The van der Waals surface area contributed by atoms with Crippen LogP contribution in [0.2, 0.25) is 0 Å². The van der Waals surface area contributed by atoms with Crippen LogP contribution in [0, 0.1) is 35.5 Å². The van der Waals surface area contributed by atoms with Crippen LogP contribution in [0.3, 0.4) is 0 Å². The third kappa shape index (κ3) is 7.70. The van der Waals surface area contributed by atoms with Gasteiger partial charge in [-0.3, -0.25) is 4.68 Å². The highest BCUT2D eigenvalue weighted by atomic mass is 32.1. The zero-order valence-corrected chi connectivity index (χ0v) is 37.4. The average molecular weight is 833 g/mol. The normalized spacial score (nSPS) is 25.9. The molecule has 2 atom stereocenters. The number of benzene rings is 1. The van der Waals surface area contributed by atoms with Crippen LogP contribution >= 0.6 is 11.3 Å². The molecule has 10 rings (SSSR count). The van der Waals surface area contributed by atoms with Crippen molar-refractivity contribution in [1.29, 1.82) is 0 Å². The second-order valence-electron chi connectivity index (χ2n) is 20.5. The van der Waals surface area contributed by atoms with Crippen molar-refractivity contribution in [2.45, 2.75) is 105 Å². The van der Waals surface area contributed by atoms with E-state index >= 15 is 0 Å². The molecule has 2 unspecified atom stereocenters. The molecule has 2 N–H and O–H groups in total. The highest BCUT2D eigenvalue weighted by Crippen LogP contribution is 2.75. The minimum Gasteiger partial charge on any atom is -0.476 e. The fraction of sp³-hybridized carbons (Fsp3) is 0.574. The minimum absolute atomic E-state index is 0.0263. The molecule has 4 saturated carbocycles. The monoisotopic (exact) mass is 832 g/mol. The van der Waals surface area contributed by atoms with Crippen molar-refractivity contribution in [1.82, 2.24) is 29.9 Å². The van der Waals surface area contributed by atoms with E-state index in [9.17, 15) is 9.90 Å². The fourth-order valence-corrected chi connectivity index (χ4v) is 14.2. The molecule has 0 amide bonds. The van der Waals surface area contributed by atoms with Gasteiger partial charge in [-0.05, 0) is 124 Å². The molecule has 0 radical (unpaired) electrons. The van der Waals surface area contributed by atoms with E-state index in [2.05, 4.69) is 68.1 Å². The van der Waals surface area contributed by atoms with Crippen LogP contribution in [-0.4, -0.2) is 93.0 Å². The number of para-hydroxylation sites is 1. The number of aromatic carboxylic acids is 1. The number of carboxylic acids is 1. The number of pyridine rings is 1. The van der Waals surface area contributed by atoms with Gasteiger partial charge in [-0.15, -0.1) is 10.2 Å². The second-order valence-corrected chi connectivity index (χ2v) is 21.6. The Bertz CT molecular complexity index is 2390. The number of nitrogens with one attached hydrogen (secondary N) is 1. The Morgan fingerprint density at radius 2 is 1.68 bits per heavy atom. The maximum absolute atomic E-state index is 13.0. The predicted molar refractivity (Wildman–Crippen MR) is 239 cm³/mol. The van der Waals surface area contributed by atoms with Crippen molar-refractivity contribution in [3.05, 3.63) is 65.1 Å². The zero-order chi connectivity index (χ0) is 42.1. The van der Waals surface area contributed by atoms with E-state index in [1.165, 1.54) is 57.9 Å². The van der Waals surface area contributed by atoms with Crippen LogP contribution in [0.1, 0.15) is 105 Å². The molecule has 13 heteroatoms. The van der Waals surface area contributed by atoms with E-state index in [-0.39, 0.29) is 11.1 Å². The first-order valence-corrected chi connectivity index (χ1v) is 22.8. The lowest BCUT2D eigenvalue weighted by Crippen LogP contribution is -2.60. The van der Waals surface area contributed by atoms with E-state index < -0.39 is 5.97 Å². The van der Waals surface area contributed by atoms with Crippen LogP contribution in [0.5, 0.6) is 0 Å². The molecule has 12 nitrogen and oxygen atoms in total. The molecule has 4 aliphatic carbocycles. The number of carboxylic acid groups (broad SMARTS) is 1. The van der Waals surface area contributed by atoms with Crippen molar-refractivity contribution in [3.63, 3.8) is 0 Å². The summed E-state index contributed by atoms with van der Waals surface area (Å²) < 4.78 is 9.70. The lowest BCUT2D eigenvalue weighted by molar-refractivity contribution is -0.890. The van der Waals surface area contributed by atoms with E-state index in [4.69, 9.17) is 19.8 Å². The number of methoxy groups -OCH3 is 1. The molecule has 0 saturated heterocycles. The zero-order valence-electron chi connectivity index (χ0n) is 36.6. The molecule has 4 aromatic heterocycles. The van der Waals surface area contributed by atoms with Crippen molar-refractivity contribution in [2.24, 2.45) is 21.7 Å². The van der Waals surface area contributed by atoms with E-state index in [0.29, 0.717) is 40.0 Å². The van der Waals surface area contributed by atoms with Crippen LogP contribution in [0.25, 0.3) is 21.3 Å². The average Bonchev–Trinajstić information content (AvgIpc) is 3.75. The molecule has 5 aromatic rings. The van der Waals surface area contributed by atoms with Crippen LogP contribution in [0.4, 0.5) is 22.6 Å². The van der Waals surface area contributed by atoms with Crippen molar-refractivity contribution < 1.29 is 19.1 Å². The Morgan fingerprint density at radius 1 is 0.933 bits per heavy atom. The number of aromatic nitrogens is 6. The number of fused-ring (bicyclic) bond motifs is 2. The van der Waals surface area contributed by atoms with Gasteiger partial charge < -0.3 is 24.5 Å². The molecular formula is C47H62N9O3S+. The topological polar surface area (TPSA) is 131 Å². The van der Waals surface area contributed by atoms with Gasteiger partial charge in [0.15, 0.2) is 22.5 Å². The Kier molecular flexibility index (Phi) is 10.3. The quantitative estimate of drug-likeness (QED) is 0.0777. The smallest absolute Gasteiger partial charge is 0.355 e. The first-order valence-electron chi connectivity index (χ1n) is 21.9. The molecule has 5 heterocycles. The Morgan fingerprint density at radius 3 is 2.43 bits per heavy atom. The summed E-state index contributed by atoms with van der Waals surface area (Å²) in [5.74, 6) is 0.893. The van der Waals surface area contributed by atoms with E-state index in [1.807, 2.05) is 41.4 Å². The van der Waals surface area contributed by atoms with Gasteiger partial charge in [0.25, 0.3) is 0 Å². The summed E-state index contributed by atoms with van der Waals surface area (Å²) in [6.07, 6.45) is 15.0. The number of thiazole rings is 1. The third-order valence-electron chi connectivity index (χ3n) is 14.5. The largest absolute Gasteiger partial charge is 0.476 e. The van der Waals surface area contributed by atoms with Crippen LogP contribution < -0.4 is 10.2 Å². The number of rotatable bonds is 15. The van der Waals surface area contributed by atoms with Gasteiger partial charge in [-0.2, -0.15) is 5.10 Å². The molecular weight excluding hydrogens is 771 g/mol. The lowest BCUT2D eigenvalue weighted by atomic mass is 9.35. The van der Waals surface area contributed by atoms with Crippen molar-refractivity contribution >= 4 is 50.1 Å². The summed E-state index contributed by atoms with van der Waals surface area (Å²) in [6.45, 7) is 14.0. The lowest BCUT2D eigenvalue weighted by Gasteiger charge is -2.70. The van der Waals surface area contributed by atoms with Gasteiger partial charge in [0.05, 0.1) is 50.2 Å². The van der Waals surface area contributed by atoms with Crippen molar-refractivity contribution in [2.75, 3.05) is 57.7 Å². The van der Waals surface area contributed by atoms with Gasteiger partial charge in [0, 0.05) is 54.6 Å². The molecule has 60 heavy (non-hydrogen) atoms. The SMILES string of the molecule is COCCC[N+](C)(C)CCCC12CC3(C)CC(C)(C1)CC(Cn1ncc(-c4ccc(N5CCCc6c5nnc(Nc5nc7ccccc7s5)c6C)nc4C(=O)O)c1C)(C3)C2. The highest BCUT2D eigenvalue weighted by molar-refractivity contribution is 7.22. The standard InChI is InChI=1S/C47H61N9O3S/c1-31-33-13-10-19-54(41(33)53-52-40(31)51-43-49-36-14-8-9-15-37(36)60-43)38-17-16-34(39(50-38)42(57)58)35-23-48-55(32(35)2)30-47-27-44(3)24-45(4,28-47)26-46(25-44,29-47)18-11-20-56(5,6)21-12-22-59-7/h8-9,14-17,23H,10-13,18-22,24-30H2,1-7H3,(H-,49,51,52,57,58)/p+1. The fourth-order valence-electron chi connectivity index (χ4n) is 13.4. The summed E-state index contributed by atoms with van der Waals surface area (Å²) in [6, 6.07) is 11.9. The van der Waals surface area contributed by atoms with Gasteiger partial charge in [0.1, 0.15) is 5.82 Å². The highest BCUT2D eigenvalue weighted by Gasteiger charge is 2.65. The molecule has 318 valence electrons. The second kappa shape index (κ2) is 15.2. The van der Waals surface area contributed by atoms with Gasteiger partial charge >= 0.3 is 5.97 Å². The van der Waals surface area contributed by atoms with Gasteiger partial charge in [0.2, 0.25) is 0 Å². The molecule has 5 aliphatic rings. The Balaban J connectivity index is 0.949. The Labute approximate surface area is 358 Å².